The van der Waals surface area contributed by atoms with Crippen LogP contribution in [0.15, 0.2) is 36.4 Å². The lowest BCUT2D eigenvalue weighted by Gasteiger charge is -2.10. The minimum absolute atomic E-state index is 0.243. The molecule has 0 aliphatic carbocycles. The number of benzene rings is 2. The van der Waals surface area contributed by atoms with Gasteiger partial charge in [-0.1, -0.05) is 6.07 Å². The SMILES string of the molecule is CCOc1ccc(OC)cc1/C=C1\C(=O)Nc2cc(C(=O)OC)ccc21. The number of amides is 1. The second-order valence-corrected chi connectivity index (χ2v) is 5.60. The Kier molecular flexibility index (Phi) is 4.93. The third kappa shape index (κ3) is 3.26. The molecule has 134 valence electrons. The average molecular weight is 353 g/mol. The second kappa shape index (κ2) is 7.31. The number of anilines is 1. The highest BCUT2D eigenvalue weighted by Crippen LogP contribution is 2.36. The minimum Gasteiger partial charge on any atom is -0.497 e. The Morgan fingerprint density at radius 1 is 1.15 bits per heavy atom. The van der Waals surface area contributed by atoms with Crippen LogP contribution < -0.4 is 14.8 Å². The Morgan fingerprint density at radius 2 is 1.96 bits per heavy atom. The number of rotatable bonds is 5. The molecule has 0 saturated heterocycles. The Balaban J connectivity index is 2.06. The quantitative estimate of drug-likeness (QED) is 0.659. The lowest BCUT2D eigenvalue weighted by molar-refractivity contribution is -0.110. The fraction of sp³-hybridized carbons (Fsp3) is 0.200. The summed E-state index contributed by atoms with van der Waals surface area (Å²) in [5.41, 5.74) is 2.90. The highest BCUT2D eigenvalue weighted by atomic mass is 16.5. The van der Waals surface area contributed by atoms with Gasteiger partial charge < -0.3 is 19.5 Å². The topological polar surface area (TPSA) is 73.9 Å². The van der Waals surface area contributed by atoms with Gasteiger partial charge in [-0.15, -0.1) is 0 Å². The van der Waals surface area contributed by atoms with Crippen LogP contribution in [-0.4, -0.2) is 32.7 Å². The van der Waals surface area contributed by atoms with Crippen LogP contribution in [-0.2, 0) is 9.53 Å². The first-order valence-electron chi connectivity index (χ1n) is 8.14. The summed E-state index contributed by atoms with van der Waals surface area (Å²) in [7, 11) is 2.90. The average Bonchev–Trinajstić information content (AvgIpc) is 2.97. The van der Waals surface area contributed by atoms with E-state index in [1.165, 1.54) is 7.11 Å². The number of carbonyl (C=O) groups excluding carboxylic acids is 2. The number of fused-ring (bicyclic) bond motifs is 1. The predicted octanol–water partition coefficient (Wildman–Crippen LogP) is 3.37. The van der Waals surface area contributed by atoms with E-state index in [9.17, 15) is 9.59 Å². The standard InChI is InChI=1S/C20H19NO5/c1-4-26-18-8-6-14(24-2)9-13(18)10-16-15-7-5-12(20(23)25-3)11-17(15)21-19(16)22/h5-11H,4H2,1-3H3,(H,21,22)/b16-10-. The summed E-state index contributed by atoms with van der Waals surface area (Å²) in [5.74, 6) is 0.631. The van der Waals surface area contributed by atoms with Crippen LogP contribution in [0.25, 0.3) is 11.6 Å². The summed E-state index contributed by atoms with van der Waals surface area (Å²) < 4.78 is 15.6. The van der Waals surface area contributed by atoms with E-state index in [1.807, 2.05) is 19.1 Å². The maximum absolute atomic E-state index is 12.4. The number of carbonyl (C=O) groups is 2. The van der Waals surface area contributed by atoms with Crippen LogP contribution in [0.3, 0.4) is 0 Å². The van der Waals surface area contributed by atoms with Gasteiger partial charge in [0.05, 0.1) is 26.4 Å². The molecule has 0 spiro atoms. The second-order valence-electron chi connectivity index (χ2n) is 5.60. The lowest BCUT2D eigenvalue weighted by atomic mass is 10.0. The van der Waals surface area contributed by atoms with E-state index in [1.54, 1.807) is 37.5 Å². The lowest BCUT2D eigenvalue weighted by Crippen LogP contribution is -2.04. The van der Waals surface area contributed by atoms with Gasteiger partial charge in [0.1, 0.15) is 11.5 Å². The molecule has 0 unspecified atom stereocenters. The largest absolute Gasteiger partial charge is 0.497 e. The number of nitrogens with one attached hydrogen (secondary N) is 1. The van der Waals surface area contributed by atoms with Crippen LogP contribution in [0.5, 0.6) is 11.5 Å². The van der Waals surface area contributed by atoms with Crippen LogP contribution in [0.1, 0.15) is 28.4 Å². The molecule has 1 aliphatic rings. The summed E-state index contributed by atoms with van der Waals surface area (Å²) in [5, 5.41) is 2.78. The van der Waals surface area contributed by atoms with Crippen molar-refractivity contribution in [3.63, 3.8) is 0 Å². The van der Waals surface area contributed by atoms with Crippen molar-refractivity contribution in [2.24, 2.45) is 0 Å². The molecule has 0 fully saturated rings. The van der Waals surface area contributed by atoms with E-state index in [4.69, 9.17) is 14.2 Å². The molecule has 1 N–H and O–H groups in total. The zero-order valence-electron chi connectivity index (χ0n) is 14.8. The van der Waals surface area contributed by atoms with Gasteiger partial charge in [-0.05, 0) is 43.3 Å². The van der Waals surface area contributed by atoms with E-state index in [0.29, 0.717) is 40.5 Å². The fourth-order valence-electron chi connectivity index (χ4n) is 2.79. The number of hydrogen-bond donors (Lipinski definition) is 1. The van der Waals surface area contributed by atoms with Gasteiger partial charge in [0.25, 0.3) is 5.91 Å². The first-order chi connectivity index (χ1) is 12.6. The van der Waals surface area contributed by atoms with Gasteiger partial charge >= 0.3 is 5.97 Å². The molecule has 1 aliphatic heterocycles. The highest BCUT2D eigenvalue weighted by molar-refractivity contribution is 6.35. The molecule has 1 amide bonds. The van der Waals surface area contributed by atoms with Crippen molar-refractivity contribution in [2.45, 2.75) is 6.92 Å². The molecule has 2 aromatic rings. The third-order valence-corrected chi connectivity index (χ3v) is 4.04. The fourth-order valence-corrected chi connectivity index (χ4v) is 2.79. The zero-order chi connectivity index (χ0) is 18.7. The first kappa shape index (κ1) is 17.5. The maximum Gasteiger partial charge on any atom is 0.337 e. The molecular weight excluding hydrogens is 334 g/mol. The first-order valence-corrected chi connectivity index (χ1v) is 8.14. The van der Waals surface area contributed by atoms with Crippen LogP contribution >= 0.6 is 0 Å². The Labute approximate surface area is 151 Å². The van der Waals surface area contributed by atoms with Crippen molar-refractivity contribution in [3.8, 4) is 11.5 Å². The van der Waals surface area contributed by atoms with Gasteiger partial charge in [0, 0.05) is 22.4 Å². The number of esters is 1. The summed E-state index contributed by atoms with van der Waals surface area (Å²) in [6, 6.07) is 10.4. The molecule has 0 atom stereocenters. The van der Waals surface area contributed by atoms with E-state index < -0.39 is 5.97 Å². The van der Waals surface area contributed by atoms with Crippen molar-refractivity contribution in [2.75, 3.05) is 26.1 Å². The summed E-state index contributed by atoms with van der Waals surface area (Å²) in [6.07, 6.45) is 1.76. The van der Waals surface area contributed by atoms with Crippen LogP contribution in [0.4, 0.5) is 5.69 Å². The molecule has 0 aromatic heterocycles. The number of ether oxygens (including phenoxy) is 3. The monoisotopic (exact) mass is 353 g/mol. The highest BCUT2D eigenvalue weighted by Gasteiger charge is 2.25. The molecule has 2 aromatic carbocycles. The van der Waals surface area contributed by atoms with Crippen LogP contribution in [0, 0.1) is 0 Å². The van der Waals surface area contributed by atoms with Crippen molar-refractivity contribution in [1.82, 2.24) is 0 Å². The minimum atomic E-state index is -0.453. The van der Waals surface area contributed by atoms with E-state index >= 15 is 0 Å². The molecule has 6 nitrogen and oxygen atoms in total. The Bertz CT molecular complexity index is 901. The molecular formula is C20H19NO5. The van der Waals surface area contributed by atoms with Gasteiger partial charge in [0.2, 0.25) is 0 Å². The van der Waals surface area contributed by atoms with Gasteiger partial charge in [0.15, 0.2) is 0 Å². The van der Waals surface area contributed by atoms with E-state index in [0.717, 1.165) is 5.56 Å². The van der Waals surface area contributed by atoms with Crippen molar-refractivity contribution >= 4 is 29.2 Å². The molecule has 26 heavy (non-hydrogen) atoms. The van der Waals surface area contributed by atoms with E-state index in [-0.39, 0.29) is 5.91 Å². The summed E-state index contributed by atoms with van der Waals surface area (Å²) >= 11 is 0. The summed E-state index contributed by atoms with van der Waals surface area (Å²) in [6.45, 7) is 2.40. The predicted molar refractivity (Wildman–Crippen MR) is 98.4 cm³/mol. The zero-order valence-corrected chi connectivity index (χ0v) is 14.8. The van der Waals surface area contributed by atoms with Gasteiger partial charge in [-0.25, -0.2) is 4.79 Å². The molecule has 0 radical (unpaired) electrons. The third-order valence-electron chi connectivity index (χ3n) is 4.04. The Hall–Kier alpha value is -3.28. The summed E-state index contributed by atoms with van der Waals surface area (Å²) in [4.78, 5) is 24.1. The number of methoxy groups -OCH3 is 2. The van der Waals surface area contributed by atoms with E-state index in [2.05, 4.69) is 5.32 Å². The normalized spacial score (nSPS) is 14.0. The van der Waals surface area contributed by atoms with Crippen molar-refractivity contribution in [3.05, 3.63) is 53.1 Å². The van der Waals surface area contributed by atoms with Crippen molar-refractivity contribution in [1.29, 1.82) is 0 Å². The van der Waals surface area contributed by atoms with Gasteiger partial charge in [-0.2, -0.15) is 0 Å². The van der Waals surface area contributed by atoms with Crippen molar-refractivity contribution < 1.29 is 23.8 Å². The molecule has 0 saturated carbocycles. The molecule has 3 rings (SSSR count). The Morgan fingerprint density at radius 3 is 2.65 bits per heavy atom. The maximum atomic E-state index is 12.4. The molecule has 6 heteroatoms. The smallest absolute Gasteiger partial charge is 0.337 e. The molecule has 0 bridgehead atoms. The molecule has 1 heterocycles. The van der Waals surface area contributed by atoms with Gasteiger partial charge in [-0.3, -0.25) is 4.79 Å². The number of hydrogen-bond acceptors (Lipinski definition) is 5. The van der Waals surface area contributed by atoms with Crippen LogP contribution in [0.2, 0.25) is 0 Å².